The Morgan fingerprint density at radius 3 is 2.42 bits per heavy atom. The molecule has 1 aromatic carbocycles. The molecule has 2 aromatic rings. The van der Waals surface area contributed by atoms with Crippen molar-refractivity contribution in [3.63, 3.8) is 0 Å². The van der Waals surface area contributed by atoms with Gasteiger partial charge in [0.15, 0.2) is 0 Å². The van der Waals surface area contributed by atoms with Gasteiger partial charge in [0.25, 0.3) is 0 Å². The predicted molar refractivity (Wildman–Crippen MR) is 92.2 cm³/mol. The Morgan fingerprint density at radius 2 is 1.88 bits per heavy atom. The zero-order chi connectivity index (χ0) is 17.8. The fourth-order valence-electron chi connectivity index (χ4n) is 1.51. The zero-order valence-corrected chi connectivity index (χ0v) is 14.2. The lowest BCUT2D eigenvalue weighted by molar-refractivity contribution is -0.138. The first kappa shape index (κ1) is 19.3. The van der Waals surface area contributed by atoms with Crippen LogP contribution in [0.1, 0.15) is 22.9 Å². The van der Waals surface area contributed by atoms with Crippen molar-refractivity contribution in [1.29, 1.82) is 0 Å². The number of hydrogen-bond acceptors (Lipinski definition) is 6. The fourth-order valence-corrected chi connectivity index (χ4v) is 1.51. The van der Waals surface area contributed by atoms with E-state index in [4.69, 9.17) is 4.42 Å². The molecule has 0 aliphatic heterocycles. The Labute approximate surface area is 141 Å². The molecule has 0 N–H and O–H groups in total. The molecule has 0 saturated carbocycles. The maximum Gasteiger partial charge on any atom is 0.330 e. The summed E-state index contributed by atoms with van der Waals surface area (Å²) in [6.45, 7) is 7.79. The van der Waals surface area contributed by atoms with Crippen molar-refractivity contribution in [3.8, 4) is 0 Å². The van der Waals surface area contributed by atoms with E-state index in [1.807, 2.05) is 12.2 Å². The molecule has 0 spiro atoms. The number of aromatic nitrogens is 2. The Kier molecular flexibility index (Phi) is 8.78. The summed E-state index contributed by atoms with van der Waals surface area (Å²) in [5.41, 5.74) is 2.37. The van der Waals surface area contributed by atoms with Crippen LogP contribution < -0.4 is 0 Å². The summed E-state index contributed by atoms with van der Waals surface area (Å²) in [5.74, 6) is 0.707. The molecule has 0 radical (unpaired) electrons. The molecule has 0 atom stereocenters. The summed E-state index contributed by atoms with van der Waals surface area (Å²) in [6, 6.07) is 8.24. The lowest BCUT2D eigenvalue weighted by Gasteiger charge is -1.98. The molecule has 6 nitrogen and oxygen atoms in total. The number of hydrogen-bond donors (Lipinski definition) is 0. The molecular weight excluding hydrogens is 308 g/mol. The third-order valence-corrected chi connectivity index (χ3v) is 2.74. The number of carbonyl (C=O) groups excluding carboxylic acids is 1. The van der Waals surface area contributed by atoms with Crippen molar-refractivity contribution < 1.29 is 18.7 Å². The summed E-state index contributed by atoms with van der Waals surface area (Å²) < 4.78 is 14.4. The average molecular weight is 330 g/mol. The zero-order valence-electron chi connectivity index (χ0n) is 14.2. The van der Waals surface area contributed by atoms with E-state index in [9.17, 15) is 4.79 Å². The van der Waals surface area contributed by atoms with Crippen LogP contribution in [0.25, 0.3) is 12.2 Å². The maximum atomic E-state index is 10.3. The largest absolute Gasteiger partial charge is 0.460 e. The van der Waals surface area contributed by atoms with Crippen LogP contribution in [0, 0.1) is 13.8 Å². The second-order valence-electron chi connectivity index (χ2n) is 4.77. The van der Waals surface area contributed by atoms with E-state index in [1.165, 1.54) is 5.56 Å². The molecule has 0 saturated heterocycles. The normalized spacial score (nSPS) is 10.1. The molecule has 1 aromatic heterocycles. The number of ether oxygens (including phenoxy) is 2. The summed E-state index contributed by atoms with van der Waals surface area (Å²) >= 11 is 0. The molecule has 0 unspecified atom stereocenters. The molecule has 0 fully saturated rings. The van der Waals surface area contributed by atoms with Gasteiger partial charge in [0.2, 0.25) is 11.8 Å². The Hall–Kier alpha value is -2.73. The van der Waals surface area contributed by atoms with Crippen molar-refractivity contribution >= 4 is 18.1 Å². The summed E-state index contributed by atoms with van der Waals surface area (Å²) in [5, 5.41) is 7.62. The smallest absolute Gasteiger partial charge is 0.330 e. The van der Waals surface area contributed by atoms with Gasteiger partial charge in [0.05, 0.1) is 6.61 Å². The van der Waals surface area contributed by atoms with Gasteiger partial charge in [-0.25, -0.2) is 4.79 Å². The molecule has 0 bridgehead atoms. The Morgan fingerprint density at radius 1 is 1.17 bits per heavy atom. The van der Waals surface area contributed by atoms with Crippen LogP contribution in [0.5, 0.6) is 0 Å². The van der Waals surface area contributed by atoms with E-state index in [-0.39, 0.29) is 0 Å². The van der Waals surface area contributed by atoms with Gasteiger partial charge in [-0.3, -0.25) is 0 Å². The monoisotopic (exact) mass is 330 g/mol. The van der Waals surface area contributed by atoms with Crippen molar-refractivity contribution in [2.45, 2.75) is 13.8 Å². The van der Waals surface area contributed by atoms with E-state index in [0.29, 0.717) is 25.0 Å². The third-order valence-electron chi connectivity index (χ3n) is 2.74. The van der Waals surface area contributed by atoms with Crippen molar-refractivity contribution in [2.75, 3.05) is 20.3 Å². The van der Waals surface area contributed by atoms with E-state index in [1.54, 1.807) is 14.0 Å². The highest BCUT2D eigenvalue weighted by atomic mass is 16.6. The van der Waals surface area contributed by atoms with Crippen LogP contribution in [-0.2, 0) is 14.3 Å². The second kappa shape index (κ2) is 10.9. The molecular formula is C18H22N2O4. The van der Waals surface area contributed by atoms with Crippen molar-refractivity contribution in [2.24, 2.45) is 0 Å². The lowest BCUT2D eigenvalue weighted by Crippen LogP contribution is -2.06. The van der Waals surface area contributed by atoms with Crippen LogP contribution in [0.3, 0.4) is 0 Å². The van der Waals surface area contributed by atoms with Gasteiger partial charge < -0.3 is 13.9 Å². The molecule has 0 amide bonds. The van der Waals surface area contributed by atoms with Gasteiger partial charge in [-0.15, -0.1) is 10.2 Å². The van der Waals surface area contributed by atoms with E-state index < -0.39 is 5.97 Å². The number of aryl methyl sites for hydroxylation is 2. The number of methoxy groups -OCH3 is 1. The van der Waals surface area contributed by atoms with Crippen molar-refractivity contribution in [1.82, 2.24) is 10.2 Å². The second-order valence-corrected chi connectivity index (χ2v) is 4.77. The number of carbonyl (C=O) groups is 1. The van der Waals surface area contributed by atoms with Crippen LogP contribution >= 0.6 is 0 Å². The summed E-state index contributed by atoms with van der Waals surface area (Å²) in [4.78, 5) is 10.3. The predicted octanol–water partition coefficient (Wildman–Crippen LogP) is 3.22. The minimum Gasteiger partial charge on any atom is -0.460 e. The Bertz CT molecular complexity index is 660. The topological polar surface area (TPSA) is 74.5 Å². The first-order valence-electron chi connectivity index (χ1n) is 7.38. The average Bonchev–Trinajstić information content (AvgIpc) is 3.00. The van der Waals surface area contributed by atoms with Gasteiger partial charge in [0, 0.05) is 26.2 Å². The fraction of sp³-hybridized carbons (Fsp3) is 0.278. The standard InChI is InChI=1S/C12H12N2O.C6H10O3/c1-9-3-5-11(6-4-9)7-8-12-14-13-10(2)15-12;1-3-6(7)9-5-4-8-2/h3-8H,1-2H3;3H,1,4-5H2,2H3/b8-7+;. The quantitative estimate of drug-likeness (QED) is 0.460. The molecule has 2 rings (SSSR count). The molecule has 1 heterocycles. The highest BCUT2D eigenvalue weighted by Gasteiger charge is 1.96. The van der Waals surface area contributed by atoms with Crippen LogP contribution in [0.2, 0.25) is 0 Å². The Balaban J connectivity index is 0.000000277. The van der Waals surface area contributed by atoms with Gasteiger partial charge >= 0.3 is 5.97 Å². The maximum absolute atomic E-state index is 10.3. The molecule has 0 aliphatic carbocycles. The summed E-state index contributed by atoms with van der Waals surface area (Å²) in [6.07, 6.45) is 4.88. The van der Waals surface area contributed by atoms with Crippen LogP contribution in [-0.4, -0.2) is 36.5 Å². The summed E-state index contributed by atoms with van der Waals surface area (Å²) in [7, 11) is 1.54. The van der Waals surface area contributed by atoms with Gasteiger partial charge in [-0.05, 0) is 18.6 Å². The number of benzene rings is 1. The minimum absolute atomic E-state index is 0.293. The number of rotatable bonds is 6. The third kappa shape index (κ3) is 8.05. The van der Waals surface area contributed by atoms with Crippen LogP contribution in [0.15, 0.2) is 41.3 Å². The van der Waals surface area contributed by atoms with Gasteiger partial charge in [-0.2, -0.15) is 0 Å². The van der Waals surface area contributed by atoms with E-state index in [2.05, 4.69) is 57.4 Å². The first-order chi connectivity index (χ1) is 11.5. The highest BCUT2D eigenvalue weighted by molar-refractivity contribution is 5.81. The first-order valence-corrected chi connectivity index (χ1v) is 7.38. The number of esters is 1. The SMILES string of the molecule is C=CC(=O)OCCOC.Cc1ccc(/C=C/c2nnc(C)o2)cc1. The molecule has 128 valence electrons. The lowest BCUT2D eigenvalue weighted by atomic mass is 10.1. The van der Waals surface area contributed by atoms with Crippen LogP contribution in [0.4, 0.5) is 0 Å². The van der Waals surface area contributed by atoms with Gasteiger partial charge in [-0.1, -0.05) is 36.4 Å². The van der Waals surface area contributed by atoms with Crippen molar-refractivity contribution in [3.05, 3.63) is 59.8 Å². The molecule has 24 heavy (non-hydrogen) atoms. The highest BCUT2D eigenvalue weighted by Crippen LogP contribution is 2.08. The minimum atomic E-state index is -0.410. The number of nitrogens with zero attached hydrogens (tertiary/aromatic N) is 2. The van der Waals surface area contributed by atoms with E-state index in [0.717, 1.165) is 11.6 Å². The van der Waals surface area contributed by atoms with E-state index >= 15 is 0 Å². The molecule has 6 heteroatoms. The molecule has 0 aliphatic rings. The van der Waals surface area contributed by atoms with Gasteiger partial charge in [0.1, 0.15) is 6.61 Å².